The molecule has 0 fully saturated rings. The smallest absolute Gasteiger partial charge is 0.343 e. The molecule has 0 amide bonds. The minimum atomic E-state index is -1.61. The molecule has 8 nitrogen and oxygen atoms in total. The number of aliphatic hydroxyl groups is 1. The van der Waals surface area contributed by atoms with Crippen LogP contribution in [0.3, 0.4) is 0 Å². The van der Waals surface area contributed by atoms with Crippen molar-refractivity contribution in [3.8, 4) is 0 Å². The minimum Gasteiger partial charge on any atom is -0.477 e. The zero-order valence-electron chi connectivity index (χ0n) is 13.9. The highest BCUT2D eigenvalue weighted by molar-refractivity contribution is 6.05. The van der Waals surface area contributed by atoms with Crippen LogP contribution in [0.5, 0.6) is 0 Å². The number of carbonyl (C=O) groups excluding carboxylic acids is 1. The first kappa shape index (κ1) is 19.1. The molecule has 8 heteroatoms. The Labute approximate surface area is 148 Å². The summed E-state index contributed by atoms with van der Waals surface area (Å²) in [6.07, 6.45) is 0.210. The summed E-state index contributed by atoms with van der Waals surface area (Å²) in [5.41, 5.74) is -2.45. The highest BCUT2D eigenvalue weighted by Crippen LogP contribution is 2.23. The zero-order chi connectivity index (χ0) is 19.3. The summed E-state index contributed by atoms with van der Waals surface area (Å²) in [6.45, 7) is 1.07. The molecule has 0 heterocycles. The molecule has 2 aromatic rings. The maximum atomic E-state index is 12.2. The molecule has 0 saturated carbocycles. The predicted molar refractivity (Wildman–Crippen MR) is 91.1 cm³/mol. The van der Waals surface area contributed by atoms with E-state index in [0.29, 0.717) is 0 Å². The van der Waals surface area contributed by atoms with E-state index in [1.165, 1.54) is 13.0 Å². The Hall–Kier alpha value is -3.26. The number of nitro groups is 1. The van der Waals surface area contributed by atoms with Crippen LogP contribution in [-0.2, 0) is 11.2 Å². The number of carbonyl (C=O) groups is 2. The fraction of sp³-hybridized carbons (Fsp3) is 0.222. The summed E-state index contributed by atoms with van der Waals surface area (Å²) in [5.74, 6) is -2.67. The van der Waals surface area contributed by atoms with Crippen molar-refractivity contribution >= 4 is 17.6 Å². The maximum absolute atomic E-state index is 12.2. The number of benzene rings is 2. The van der Waals surface area contributed by atoms with Crippen molar-refractivity contribution in [2.45, 2.75) is 18.9 Å². The van der Waals surface area contributed by atoms with Crippen molar-refractivity contribution in [1.29, 1.82) is 0 Å². The van der Waals surface area contributed by atoms with Gasteiger partial charge in [0.25, 0.3) is 5.69 Å². The number of ether oxygens (including phenoxy) is 1. The number of esters is 1. The molecular weight excluding hydrogens is 342 g/mol. The molecule has 1 atom stereocenters. The largest absolute Gasteiger partial charge is 0.477 e. The van der Waals surface area contributed by atoms with Gasteiger partial charge < -0.3 is 14.9 Å². The lowest BCUT2D eigenvalue weighted by atomic mass is 9.97. The van der Waals surface area contributed by atoms with Gasteiger partial charge in [0, 0.05) is 12.5 Å². The van der Waals surface area contributed by atoms with Crippen LogP contribution in [0.2, 0.25) is 0 Å². The summed E-state index contributed by atoms with van der Waals surface area (Å²) in [6, 6.07) is 12.4. The lowest BCUT2D eigenvalue weighted by Crippen LogP contribution is -2.34. The number of nitro benzene ring substituents is 1. The molecule has 0 unspecified atom stereocenters. The van der Waals surface area contributed by atoms with Crippen LogP contribution < -0.4 is 0 Å². The second kappa shape index (κ2) is 7.75. The molecule has 0 saturated heterocycles. The summed E-state index contributed by atoms with van der Waals surface area (Å²) in [5, 5.41) is 30.6. The second-order valence-corrected chi connectivity index (χ2v) is 6.00. The first-order chi connectivity index (χ1) is 12.2. The summed E-state index contributed by atoms with van der Waals surface area (Å²) >= 11 is 0. The lowest BCUT2D eigenvalue weighted by Gasteiger charge is -2.23. The summed E-state index contributed by atoms with van der Waals surface area (Å²) in [4.78, 5) is 33.6. The lowest BCUT2D eigenvalue weighted by molar-refractivity contribution is -0.385. The summed E-state index contributed by atoms with van der Waals surface area (Å²) in [7, 11) is 0. The Morgan fingerprint density at radius 3 is 2.38 bits per heavy atom. The maximum Gasteiger partial charge on any atom is 0.343 e. The van der Waals surface area contributed by atoms with E-state index >= 15 is 0 Å². The number of aromatic carboxylic acids is 1. The van der Waals surface area contributed by atoms with Gasteiger partial charge in [-0.3, -0.25) is 10.1 Å². The first-order valence-electron chi connectivity index (χ1n) is 7.65. The third-order valence-corrected chi connectivity index (χ3v) is 3.61. The number of hydrogen-bond acceptors (Lipinski definition) is 6. The first-order valence-corrected chi connectivity index (χ1v) is 7.65. The molecule has 0 aliphatic rings. The van der Waals surface area contributed by atoms with Gasteiger partial charge in [-0.2, -0.15) is 0 Å². The Bertz CT molecular complexity index is 831. The van der Waals surface area contributed by atoms with E-state index in [4.69, 9.17) is 4.74 Å². The summed E-state index contributed by atoms with van der Waals surface area (Å²) < 4.78 is 5.02. The molecule has 0 radical (unpaired) electrons. The van der Waals surface area contributed by atoms with Crippen LogP contribution >= 0.6 is 0 Å². The molecule has 2 rings (SSSR count). The number of nitrogens with zero attached hydrogens (tertiary/aromatic N) is 1. The molecule has 0 aliphatic carbocycles. The molecule has 136 valence electrons. The Morgan fingerprint density at radius 2 is 1.81 bits per heavy atom. The standard InChI is InChI=1S/C18H17NO7/c1-18(23,10-12-6-3-2-4-7-12)11-26-17(22)13-8-5-9-14(19(24)25)15(13)16(20)21/h2-9,23H,10-11H2,1H3,(H,20,21)/t18-/m1/s1. The van der Waals surface area contributed by atoms with Crippen LogP contribution in [0.25, 0.3) is 0 Å². The van der Waals surface area contributed by atoms with Crippen molar-refractivity contribution in [3.05, 3.63) is 75.3 Å². The quantitative estimate of drug-likeness (QED) is 0.441. The van der Waals surface area contributed by atoms with Gasteiger partial charge in [0.05, 0.1) is 16.1 Å². The van der Waals surface area contributed by atoms with E-state index in [-0.39, 0.29) is 6.42 Å². The molecule has 0 spiro atoms. The number of carboxylic acids is 1. The average molecular weight is 359 g/mol. The minimum absolute atomic E-state index is 0.210. The third kappa shape index (κ3) is 4.64. The van der Waals surface area contributed by atoms with Gasteiger partial charge >= 0.3 is 11.9 Å². The predicted octanol–water partition coefficient (Wildman–Crippen LogP) is 2.44. The van der Waals surface area contributed by atoms with Crippen molar-refractivity contribution in [2.24, 2.45) is 0 Å². The van der Waals surface area contributed by atoms with Crippen molar-refractivity contribution in [3.63, 3.8) is 0 Å². The van der Waals surface area contributed by atoms with Gasteiger partial charge in [0.1, 0.15) is 6.61 Å². The van der Waals surface area contributed by atoms with Gasteiger partial charge in [0.2, 0.25) is 0 Å². The average Bonchev–Trinajstić information content (AvgIpc) is 2.59. The van der Waals surface area contributed by atoms with Crippen LogP contribution in [0.15, 0.2) is 48.5 Å². The number of hydrogen-bond donors (Lipinski definition) is 2. The highest BCUT2D eigenvalue weighted by atomic mass is 16.6. The molecule has 26 heavy (non-hydrogen) atoms. The van der Waals surface area contributed by atoms with Crippen molar-refractivity contribution < 1.29 is 29.5 Å². The van der Waals surface area contributed by atoms with Gasteiger partial charge in [0.15, 0.2) is 5.56 Å². The van der Waals surface area contributed by atoms with E-state index < -0.39 is 45.9 Å². The third-order valence-electron chi connectivity index (χ3n) is 3.61. The normalized spacial score (nSPS) is 12.8. The Kier molecular flexibility index (Phi) is 5.68. The van der Waals surface area contributed by atoms with E-state index in [0.717, 1.165) is 17.7 Å². The molecule has 0 aromatic heterocycles. The fourth-order valence-electron chi connectivity index (χ4n) is 2.47. The van der Waals surface area contributed by atoms with E-state index in [1.54, 1.807) is 24.3 Å². The topological polar surface area (TPSA) is 127 Å². The Balaban J connectivity index is 2.16. The zero-order valence-corrected chi connectivity index (χ0v) is 13.9. The molecular formula is C18H17NO7. The van der Waals surface area contributed by atoms with Crippen LogP contribution in [0, 0.1) is 10.1 Å². The van der Waals surface area contributed by atoms with Crippen LogP contribution in [0.1, 0.15) is 33.2 Å². The van der Waals surface area contributed by atoms with Gasteiger partial charge in [-0.15, -0.1) is 0 Å². The SMILES string of the molecule is C[C@](O)(COC(=O)c1cccc([N+](=O)[O-])c1C(=O)O)Cc1ccccc1. The van der Waals surface area contributed by atoms with E-state index in [9.17, 15) is 29.9 Å². The van der Waals surface area contributed by atoms with E-state index in [1.807, 2.05) is 6.07 Å². The molecule has 0 bridgehead atoms. The van der Waals surface area contributed by atoms with Gasteiger partial charge in [-0.25, -0.2) is 9.59 Å². The monoisotopic (exact) mass is 359 g/mol. The molecule has 2 N–H and O–H groups in total. The fourth-order valence-corrected chi connectivity index (χ4v) is 2.47. The molecule has 0 aliphatic heterocycles. The second-order valence-electron chi connectivity index (χ2n) is 6.00. The van der Waals surface area contributed by atoms with Crippen LogP contribution in [-0.4, -0.2) is 39.3 Å². The Morgan fingerprint density at radius 1 is 1.15 bits per heavy atom. The van der Waals surface area contributed by atoms with Crippen molar-refractivity contribution in [1.82, 2.24) is 0 Å². The van der Waals surface area contributed by atoms with Crippen molar-refractivity contribution in [2.75, 3.05) is 6.61 Å². The van der Waals surface area contributed by atoms with Crippen LogP contribution in [0.4, 0.5) is 5.69 Å². The molecule has 2 aromatic carbocycles. The van der Waals surface area contributed by atoms with Gasteiger partial charge in [-0.05, 0) is 18.6 Å². The van der Waals surface area contributed by atoms with E-state index in [2.05, 4.69) is 0 Å². The number of rotatable bonds is 7. The van der Waals surface area contributed by atoms with Gasteiger partial charge in [-0.1, -0.05) is 36.4 Å². The number of carboxylic acid groups (broad SMARTS) is 1. The highest BCUT2D eigenvalue weighted by Gasteiger charge is 2.29.